The standard InChI is InChI=1S/C12H21NO5/c1-5-12(9(15)16)6-8(14)7-13(12,10(17)18)11(2,3)4/h8,14H,5-7H2,1-4H3,(H-,15,16,17,18)/p+1/t8-,12-,13?/m0/s1. The molecule has 0 spiro atoms. The molecule has 18 heavy (non-hydrogen) atoms. The lowest BCUT2D eigenvalue weighted by atomic mass is 9.85. The minimum Gasteiger partial charge on any atom is -0.477 e. The third-order valence-corrected chi connectivity index (χ3v) is 4.24. The molecule has 1 fully saturated rings. The van der Waals surface area contributed by atoms with Crippen molar-refractivity contribution in [2.75, 3.05) is 6.54 Å². The van der Waals surface area contributed by atoms with Crippen molar-refractivity contribution >= 4 is 12.1 Å². The molecule has 1 rings (SSSR count). The van der Waals surface area contributed by atoms with Gasteiger partial charge in [-0.15, -0.1) is 0 Å². The summed E-state index contributed by atoms with van der Waals surface area (Å²) in [6.45, 7) is 6.69. The molecule has 1 unspecified atom stereocenters. The van der Waals surface area contributed by atoms with Gasteiger partial charge in [-0.2, -0.15) is 4.79 Å². The zero-order valence-electron chi connectivity index (χ0n) is 11.3. The number of amides is 1. The Hall–Kier alpha value is -1.14. The zero-order chi connectivity index (χ0) is 14.4. The highest BCUT2D eigenvalue weighted by atomic mass is 16.4. The van der Waals surface area contributed by atoms with Gasteiger partial charge in [0.05, 0.1) is 0 Å². The number of quaternary nitrogens is 1. The van der Waals surface area contributed by atoms with Gasteiger partial charge in [-0.3, -0.25) is 0 Å². The number of hydrogen-bond acceptors (Lipinski definition) is 3. The molecule has 0 aliphatic carbocycles. The lowest BCUT2D eigenvalue weighted by molar-refractivity contribution is -0.931. The highest BCUT2D eigenvalue weighted by Gasteiger charge is 2.71. The molecule has 6 nitrogen and oxygen atoms in total. The smallest absolute Gasteiger partial charge is 0.477 e. The molecule has 0 radical (unpaired) electrons. The molecule has 6 heteroatoms. The Kier molecular flexibility index (Phi) is 3.49. The van der Waals surface area contributed by atoms with Gasteiger partial charge in [0.1, 0.15) is 18.2 Å². The molecule has 0 aromatic carbocycles. The van der Waals surface area contributed by atoms with Crippen LogP contribution in [0.5, 0.6) is 0 Å². The van der Waals surface area contributed by atoms with Crippen LogP contribution in [-0.4, -0.2) is 55.6 Å². The molecule has 1 aliphatic heterocycles. The van der Waals surface area contributed by atoms with Gasteiger partial charge in [0, 0.05) is 12.8 Å². The van der Waals surface area contributed by atoms with Crippen molar-refractivity contribution in [2.24, 2.45) is 0 Å². The number of carbonyl (C=O) groups is 2. The van der Waals surface area contributed by atoms with E-state index in [0.717, 1.165) is 0 Å². The average Bonchev–Trinajstić information content (AvgIpc) is 2.52. The van der Waals surface area contributed by atoms with Crippen molar-refractivity contribution in [3.05, 3.63) is 0 Å². The maximum absolute atomic E-state index is 11.8. The number of aliphatic carboxylic acids is 1. The molecular weight excluding hydrogens is 238 g/mol. The van der Waals surface area contributed by atoms with E-state index in [1.54, 1.807) is 27.7 Å². The van der Waals surface area contributed by atoms with E-state index in [2.05, 4.69) is 0 Å². The molecule has 1 aliphatic rings. The van der Waals surface area contributed by atoms with Gasteiger partial charge in [0.2, 0.25) is 5.54 Å². The molecule has 104 valence electrons. The molecule has 3 atom stereocenters. The number of nitrogens with zero attached hydrogens (tertiary/aromatic N) is 1. The van der Waals surface area contributed by atoms with Crippen molar-refractivity contribution in [1.29, 1.82) is 0 Å². The molecule has 1 heterocycles. The molecule has 0 saturated carbocycles. The van der Waals surface area contributed by atoms with E-state index in [-0.39, 0.29) is 19.4 Å². The Bertz CT molecular complexity index is 375. The SMILES string of the molecule is CC[C@@]1(C(=O)O)C[C@H](O)C[N+]1(C(=O)O)C(C)(C)C. The Labute approximate surface area is 106 Å². The van der Waals surface area contributed by atoms with E-state index in [1.165, 1.54) is 0 Å². The van der Waals surface area contributed by atoms with Crippen LogP contribution < -0.4 is 0 Å². The minimum atomic E-state index is -1.47. The lowest BCUT2D eigenvalue weighted by Gasteiger charge is -2.49. The normalized spacial score (nSPS) is 36.6. The third kappa shape index (κ3) is 1.63. The van der Waals surface area contributed by atoms with Crippen LogP contribution in [-0.2, 0) is 4.79 Å². The summed E-state index contributed by atoms with van der Waals surface area (Å²) in [4.78, 5) is 23.5. The molecule has 0 aromatic rings. The topological polar surface area (TPSA) is 94.8 Å². The van der Waals surface area contributed by atoms with Crippen molar-refractivity contribution in [3.8, 4) is 0 Å². The molecule has 3 N–H and O–H groups in total. The van der Waals surface area contributed by atoms with Crippen LogP contribution in [0.15, 0.2) is 0 Å². The number of aliphatic hydroxyl groups excluding tert-OH is 1. The average molecular weight is 260 g/mol. The maximum atomic E-state index is 11.8. The van der Waals surface area contributed by atoms with E-state index in [4.69, 9.17) is 0 Å². The summed E-state index contributed by atoms with van der Waals surface area (Å²) in [6, 6.07) is 0. The number of aliphatic hydroxyl groups is 1. The maximum Gasteiger partial charge on any atom is 0.514 e. The molecular formula is C12H22NO5+. The van der Waals surface area contributed by atoms with Crippen LogP contribution in [0.4, 0.5) is 4.79 Å². The number of carboxylic acids is 1. The predicted molar refractivity (Wildman–Crippen MR) is 64.2 cm³/mol. The van der Waals surface area contributed by atoms with Gasteiger partial charge in [0.15, 0.2) is 0 Å². The summed E-state index contributed by atoms with van der Waals surface area (Å²) in [5.74, 6) is -1.15. The zero-order valence-corrected chi connectivity index (χ0v) is 11.3. The quantitative estimate of drug-likeness (QED) is 0.650. The van der Waals surface area contributed by atoms with Gasteiger partial charge in [-0.25, -0.2) is 9.28 Å². The van der Waals surface area contributed by atoms with Crippen molar-refractivity contribution in [2.45, 2.75) is 57.7 Å². The minimum absolute atomic E-state index is 0.0254. The Morgan fingerprint density at radius 2 is 1.83 bits per heavy atom. The summed E-state index contributed by atoms with van der Waals surface area (Å²) in [5, 5.41) is 29.0. The van der Waals surface area contributed by atoms with Gasteiger partial charge in [0.25, 0.3) is 0 Å². The van der Waals surface area contributed by atoms with Gasteiger partial charge >= 0.3 is 12.1 Å². The first-order valence-corrected chi connectivity index (χ1v) is 6.08. The predicted octanol–water partition coefficient (Wildman–Crippen LogP) is 1.28. The number of hydrogen-bond donors (Lipinski definition) is 3. The van der Waals surface area contributed by atoms with Crippen LogP contribution in [0.2, 0.25) is 0 Å². The summed E-state index contributed by atoms with van der Waals surface area (Å²) >= 11 is 0. The fourth-order valence-corrected chi connectivity index (χ4v) is 3.38. The van der Waals surface area contributed by atoms with E-state index in [1.807, 2.05) is 0 Å². The molecule has 1 amide bonds. The Balaban J connectivity index is 3.57. The lowest BCUT2D eigenvalue weighted by Crippen LogP contribution is -2.74. The van der Waals surface area contributed by atoms with Crippen LogP contribution in [0.3, 0.4) is 0 Å². The third-order valence-electron chi connectivity index (χ3n) is 4.24. The monoisotopic (exact) mass is 260 g/mol. The van der Waals surface area contributed by atoms with Gasteiger partial charge < -0.3 is 15.3 Å². The second-order valence-corrected chi connectivity index (χ2v) is 5.99. The molecule has 0 aromatic heterocycles. The number of carboxylic acid groups (broad SMARTS) is 2. The van der Waals surface area contributed by atoms with Crippen molar-refractivity contribution < 1.29 is 29.4 Å². The molecule has 0 bridgehead atoms. The van der Waals surface area contributed by atoms with Gasteiger partial charge in [-0.05, 0) is 20.8 Å². The highest BCUT2D eigenvalue weighted by Crippen LogP contribution is 2.46. The van der Waals surface area contributed by atoms with E-state index < -0.39 is 33.7 Å². The van der Waals surface area contributed by atoms with E-state index >= 15 is 0 Å². The Morgan fingerprint density at radius 3 is 2.06 bits per heavy atom. The fourth-order valence-electron chi connectivity index (χ4n) is 3.38. The van der Waals surface area contributed by atoms with Crippen LogP contribution in [0, 0.1) is 0 Å². The van der Waals surface area contributed by atoms with Gasteiger partial charge in [-0.1, -0.05) is 6.92 Å². The van der Waals surface area contributed by atoms with Crippen molar-refractivity contribution in [3.63, 3.8) is 0 Å². The summed E-state index contributed by atoms with van der Waals surface area (Å²) < 4.78 is -0.632. The summed E-state index contributed by atoms with van der Waals surface area (Å²) in [7, 11) is 0. The fraction of sp³-hybridized carbons (Fsp3) is 0.833. The first-order chi connectivity index (χ1) is 8.05. The molecule has 1 saturated heterocycles. The summed E-state index contributed by atoms with van der Waals surface area (Å²) in [5.41, 5.74) is -2.28. The first-order valence-electron chi connectivity index (χ1n) is 6.08. The highest BCUT2D eigenvalue weighted by molar-refractivity contribution is 5.80. The van der Waals surface area contributed by atoms with Crippen LogP contribution >= 0.6 is 0 Å². The van der Waals surface area contributed by atoms with E-state index in [0.29, 0.717) is 0 Å². The van der Waals surface area contributed by atoms with Crippen molar-refractivity contribution in [1.82, 2.24) is 0 Å². The largest absolute Gasteiger partial charge is 0.514 e. The Morgan fingerprint density at radius 1 is 1.33 bits per heavy atom. The second-order valence-electron chi connectivity index (χ2n) is 5.99. The second kappa shape index (κ2) is 4.20. The summed E-state index contributed by atoms with van der Waals surface area (Å²) in [6.07, 6.45) is -1.95. The van der Waals surface area contributed by atoms with Crippen LogP contribution in [0.25, 0.3) is 0 Å². The van der Waals surface area contributed by atoms with Crippen LogP contribution in [0.1, 0.15) is 40.5 Å². The van der Waals surface area contributed by atoms with E-state index in [9.17, 15) is 24.9 Å². The number of likely N-dealkylation sites (tertiary alicyclic amines) is 1. The number of rotatable bonds is 2. The first kappa shape index (κ1) is 14.9.